The molecule has 4 rings (SSSR count). The van der Waals surface area contributed by atoms with E-state index in [1.54, 1.807) is 6.20 Å². The number of nitrogens with zero attached hydrogens (tertiary/aromatic N) is 4. The second-order valence-corrected chi connectivity index (χ2v) is 5.88. The summed E-state index contributed by atoms with van der Waals surface area (Å²) in [4.78, 5) is 31.0. The van der Waals surface area contributed by atoms with Gasteiger partial charge in [-0.05, 0) is 30.4 Å². The molecular formula is C15H16N4O3. The minimum Gasteiger partial charge on any atom is -0.390 e. The molecule has 2 fully saturated rings. The third-order valence-corrected chi connectivity index (χ3v) is 4.29. The number of hydrogen-bond acceptors (Lipinski definition) is 4. The van der Waals surface area contributed by atoms with Crippen LogP contribution in [0.15, 0.2) is 18.5 Å². The van der Waals surface area contributed by atoms with Gasteiger partial charge < -0.3 is 9.51 Å². The van der Waals surface area contributed by atoms with E-state index in [1.807, 2.05) is 16.7 Å². The van der Waals surface area contributed by atoms with Crippen molar-refractivity contribution >= 4 is 23.3 Å². The number of carbonyl (C=O) groups excluding carboxylic acids is 2. The van der Waals surface area contributed by atoms with Crippen molar-refractivity contribution in [1.82, 2.24) is 14.3 Å². The van der Waals surface area contributed by atoms with Crippen molar-refractivity contribution in [3.05, 3.63) is 29.7 Å². The molecule has 0 radical (unpaired) electrons. The fraction of sp³-hybridized carbons (Fsp3) is 0.400. The lowest BCUT2D eigenvalue weighted by atomic mass is 10.1. The predicted octanol–water partition coefficient (Wildman–Crippen LogP) is 1.10. The lowest BCUT2D eigenvalue weighted by Crippen LogP contribution is -2.30. The van der Waals surface area contributed by atoms with Crippen LogP contribution in [0.5, 0.6) is 0 Å². The second kappa shape index (κ2) is 4.54. The van der Waals surface area contributed by atoms with Crippen LogP contribution in [0.2, 0.25) is 0 Å². The van der Waals surface area contributed by atoms with Gasteiger partial charge in [0, 0.05) is 19.4 Å². The highest BCUT2D eigenvalue weighted by Gasteiger charge is 2.36. The van der Waals surface area contributed by atoms with Gasteiger partial charge in [-0.25, -0.2) is 9.78 Å². The molecule has 2 aromatic rings. The number of rotatable bonds is 3. The van der Waals surface area contributed by atoms with Crippen molar-refractivity contribution in [1.29, 1.82) is 0 Å². The average Bonchev–Trinajstić information content (AvgIpc) is 3.23. The number of pyridine rings is 1. The van der Waals surface area contributed by atoms with Crippen LogP contribution in [0.4, 0.5) is 10.5 Å². The molecule has 1 aliphatic carbocycles. The van der Waals surface area contributed by atoms with Gasteiger partial charge in [0.2, 0.25) is 5.91 Å². The first-order valence-corrected chi connectivity index (χ1v) is 7.29. The van der Waals surface area contributed by atoms with E-state index in [-0.39, 0.29) is 25.1 Å². The molecule has 7 nitrogen and oxygen atoms in total. The third-order valence-electron chi connectivity index (χ3n) is 4.29. The van der Waals surface area contributed by atoms with Crippen molar-refractivity contribution in [3.8, 4) is 0 Å². The molecule has 2 aliphatic rings. The Kier molecular flexibility index (Phi) is 2.74. The Morgan fingerprint density at radius 1 is 1.32 bits per heavy atom. The molecule has 3 amide bonds. The molecule has 1 aliphatic heterocycles. The first-order chi connectivity index (χ1) is 10.6. The molecule has 3 heterocycles. The molecule has 1 saturated heterocycles. The van der Waals surface area contributed by atoms with E-state index in [0.29, 0.717) is 22.9 Å². The number of imidazole rings is 1. The second-order valence-electron chi connectivity index (χ2n) is 5.88. The minimum absolute atomic E-state index is 0.0282. The van der Waals surface area contributed by atoms with Crippen LogP contribution in [-0.2, 0) is 11.4 Å². The zero-order chi connectivity index (χ0) is 15.4. The predicted molar refractivity (Wildman–Crippen MR) is 78.6 cm³/mol. The highest BCUT2D eigenvalue weighted by Crippen LogP contribution is 2.42. The number of amides is 3. The Morgan fingerprint density at radius 2 is 2.09 bits per heavy atom. The van der Waals surface area contributed by atoms with Gasteiger partial charge in [0.15, 0.2) is 5.65 Å². The van der Waals surface area contributed by atoms with Gasteiger partial charge in [-0.15, -0.1) is 0 Å². The SMILES string of the molecule is CN1C(=O)CN(c2cc(C3CC3)cn3cc(CO)nc23)C1=O. The zero-order valence-electron chi connectivity index (χ0n) is 12.2. The van der Waals surface area contributed by atoms with Gasteiger partial charge in [-0.1, -0.05) is 0 Å². The number of carbonyl (C=O) groups is 2. The van der Waals surface area contributed by atoms with E-state index >= 15 is 0 Å². The minimum atomic E-state index is -0.339. The number of likely N-dealkylation sites (N-methyl/N-ethyl adjacent to an activating group) is 1. The Hall–Kier alpha value is -2.41. The van der Waals surface area contributed by atoms with Gasteiger partial charge in [0.05, 0.1) is 18.0 Å². The number of hydrogen-bond donors (Lipinski definition) is 1. The molecule has 22 heavy (non-hydrogen) atoms. The lowest BCUT2D eigenvalue weighted by molar-refractivity contribution is -0.123. The van der Waals surface area contributed by atoms with Gasteiger partial charge in [0.1, 0.15) is 6.54 Å². The Morgan fingerprint density at radius 3 is 2.68 bits per heavy atom. The molecule has 0 unspecified atom stereocenters. The highest BCUT2D eigenvalue weighted by atomic mass is 16.3. The summed E-state index contributed by atoms with van der Waals surface area (Å²) >= 11 is 0. The van der Waals surface area contributed by atoms with E-state index in [1.165, 1.54) is 11.9 Å². The number of aliphatic hydroxyl groups excluding tert-OH is 1. The summed E-state index contributed by atoms with van der Waals surface area (Å²) in [6, 6.07) is 1.61. The van der Waals surface area contributed by atoms with Crippen molar-refractivity contribution in [2.75, 3.05) is 18.5 Å². The summed E-state index contributed by atoms with van der Waals surface area (Å²) in [5.74, 6) is 0.281. The molecule has 0 aromatic carbocycles. The fourth-order valence-electron chi connectivity index (χ4n) is 2.85. The van der Waals surface area contributed by atoms with Crippen LogP contribution in [0.25, 0.3) is 5.65 Å². The molecule has 0 bridgehead atoms. The lowest BCUT2D eigenvalue weighted by Gasteiger charge is -2.17. The normalized spacial score (nSPS) is 18.8. The highest BCUT2D eigenvalue weighted by molar-refractivity contribution is 6.13. The Labute approximate surface area is 126 Å². The van der Waals surface area contributed by atoms with Crippen LogP contribution < -0.4 is 4.90 Å². The number of urea groups is 1. The topological polar surface area (TPSA) is 78.2 Å². The molecule has 114 valence electrons. The van der Waals surface area contributed by atoms with Gasteiger partial charge in [0.25, 0.3) is 0 Å². The maximum Gasteiger partial charge on any atom is 0.331 e. The molecule has 0 atom stereocenters. The van der Waals surface area contributed by atoms with Crippen molar-refractivity contribution in [3.63, 3.8) is 0 Å². The maximum absolute atomic E-state index is 12.3. The average molecular weight is 300 g/mol. The number of aliphatic hydroxyl groups is 1. The fourth-order valence-corrected chi connectivity index (χ4v) is 2.85. The quantitative estimate of drug-likeness (QED) is 0.861. The number of imide groups is 1. The van der Waals surface area contributed by atoms with Crippen molar-refractivity contribution < 1.29 is 14.7 Å². The van der Waals surface area contributed by atoms with Gasteiger partial charge in [-0.2, -0.15) is 0 Å². The summed E-state index contributed by atoms with van der Waals surface area (Å²) in [5, 5.41) is 9.30. The van der Waals surface area contributed by atoms with E-state index in [4.69, 9.17) is 0 Å². The van der Waals surface area contributed by atoms with Crippen molar-refractivity contribution in [2.45, 2.75) is 25.4 Å². The first-order valence-electron chi connectivity index (χ1n) is 7.29. The molecule has 0 spiro atoms. The molecule has 1 saturated carbocycles. The summed E-state index contributed by atoms with van der Waals surface area (Å²) in [6.07, 6.45) is 6.03. The number of anilines is 1. The van der Waals surface area contributed by atoms with E-state index < -0.39 is 0 Å². The first kappa shape index (κ1) is 13.3. The summed E-state index contributed by atoms with van der Waals surface area (Å²) in [6.45, 7) is -0.132. The molecule has 2 aromatic heterocycles. The Balaban J connectivity index is 1.89. The van der Waals surface area contributed by atoms with Crippen LogP contribution in [0, 0.1) is 0 Å². The summed E-state index contributed by atoms with van der Waals surface area (Å²) < 4.78 is 1.84. The number of fused-ring (bicyclic) bond motifs is 1. The largest absolute Gasteiger partial charge is 0.390 e. The van der Waals surface area contributed by atoms with Crippen LogP contribution in [0.3, 0.4) is 0 Å². The maximum atomic E-state index is 12.3. The third kappa shape index (κ3) is 1.89. The van der Waals surface area contributed by atoms with E-state index in [9.17, 15) is 14.7 Å². The molecule has 7 heteroatoms. The monoisotopic (exact) mass is 300 g/mol. The van der Waals surface area contributed by atoms with Gasteiger partial charge >= 0.3 is 6.03 Å². The molecule has 1 N–H and O–H groups in total. The van der Waals surface area contributed by atoms with Crippen LogP contribution in [-0.4, -0.2) is 44.9 Å². The van der Waals surface area contributed by atoms with Crippen LogP contribution >= 0.6 is 0 Å². The smallest absolute Gasteiger partial charge is 0.331 e. The van der Waals surface area contributed by atoms with E-state index in [2.05, 4.69) is 4.98 Å². The Bertz CT molecular complexity index is 793. The zero-order valence-corrected chi connectivity index (χ0v) is 12.2. The standard InChI is InChI=1S/C15H16N4O3/c1-17-13(21)7-19(15(17)22)12-4-10(9-2-3-9)5-18-6-11(8-20)16-14(12)18/h4-6,9,20H,2-3,7-8H2,1H3. The van der Waals surface area contributed by atoms with Crippen LogP contribution in [0.1, 0.15) is 30.0 Å². The molecular weight excluding hydrogens is 284 g/mol. The number of aromatic nitrogens is 2. The van der Waals surface area contributed by atoms with E-state index in [0.717, 1.165) is 23.3 Å². The summed E-state index contributed by atoms with van der Waals surface area (Å²) in [5.41, 5.74) is 2.90. The summed E-state index contributed by atoms with van der Waals surface area (Å²) in [7, 11) is 1.48. The van der Waals surface area contributed by atoms with Gasteiger partial charge in [-0.3, -0.25) is 14.6 Å². The van der Waals surface area contributed by atoms with Crippen molar-refractivity contribution in [2.24, 2.45) is 0 Å².